The number of piperidine rings is 1. The van der Waals surface area contributed by atoms with Gasteiger partial charge in [-0.3, -0.25) is 4.79 Å². The highest BCUT2D eigenvalue weighted by Gasteiger charge is 2.22. The number of aryl methyl sites for hydroxylation is 1. The fraction of sp³-hybridized carbons (Fsp3) is 0.533. The van der Waals surface area contributed by atoms with Crippen molar-refractivity contribution in [3.05, 3.63) is 29.3 Å². The van der Waals surface area contributed by atoms with Crippen molar-refractivity contribution in [3.8, 4) is 0 Å². The SMILES string of the molecule is Cc1ccc(N2CCC(CC(N)=O)CC2)c(CO)c1. The molecule has 104 valence electrons. The number of primary amides is 1. The number of amides is 1. The van der Waals surface area contributed by atoms with E-state index in [1.165, 1.54) is 0 Å². The summed E-state index contributed by atoms with van der Waals surface area (Å²) in [6, 6.07) is 6.18. The van der Waals surface area contributed by atoms with Gasteiger partial charge in [0.05, 0.1) is 6.61 Å². The van der Waals surface area contributed by atoms with Crippen LogP contribution in [0.25, 0.3) is 0 Å². The van der Waals surface area contributed by atoms with Crippen LogP contribution in [-0.4, -0.2) is 24.1 Å². The van der Waals surface area contributed by atoms with Crippen LogP contribution in [0.15, 0.2) is 18.2 Å². The standard InChI is InChI=1S/C15H22N2O2/c1-11-2-3-14(13(8-11)10-18)17-6-4-12(5-7-17)9-15(16)19/h2-3,8,12,18H,4-7,9-10H2,1H3,(H2,16,19). The van der Waals surface area contributed by atoms with Crippen molar-refractivity contribution in [2.45, 2.75) is 32.8 Å². The highest BCUT2D eigenvalue weighted by Crippen LogP contribution is 2.28. The Labute approximate surface area is 114 Å². The first-order valence-electron chi connectivity index (χ1n) is 6.83. The number of hydrogen-bond donors (Lipinski definition) is 2. The predicted molar refractivity (Wildman–Crippen MR) is 75.9 cm³/mol. The minimum Gasteiger partial charge on any atom is -0.392 e. The lowest BCUT2D eigenvalue weighted by atomic mass is 9.92. The van der Waals surface area contributed by atoms with E-state index in [1.54, 1.807) is 0 Å². The Hall–Kier alpha value is -1.55. The van der Waals surface area contributed by atoms with Crippen molar-refractivity contribution in [3.63, 3.8) is 0 Å². The van der Waals surface area contributed by atoms with Gasteiger partial charge in [0.2, 0.25) is 5.91 Å². The van der Waals surface area contributed by atoms with Crippen LogP contribution in [0.4, 0.5) is 5.69 Å². The number of nitrogens with zero attached hydrogens (tertiary/aromatic N) is 1. The minimum atomic E-state index is -0.204. The summed E-state index contributed by atoms with van der Waals surface area (Å²) in [6.45, 7) is 3.95. The molecule has 0 saturated carbocycles. The van der Waals surface area contributed by atoms with E-state index >= 15 is 0 Å². The second-order valence-electron chi connectivity index (χ2n) is 5.39. The molecule has 1 heterocycles. The molecule has 4 heteroatoms. The van der Waals surface area contributed by atoms with E-state index in [-0.39, 0.29) is 12.5 Å². The van der Waals surface area contributed by atoms with Gasteiger partial charge in [-0.15, -0.1) is 0 Å². The first-order valence-corrected chi connectivity index (χ1v) is 6.83. The van der Waals surface area contributed by atoms with Crippen LogP contribution in [0.5, 0.6) is 0 Å². The largest absolute Gasteiger partial charge is 0.392 e. The maximum atomic E-state index is 10.9. The van der Waals surface area contributed by atoms with Crippen LogP contribution in [0.1, 0.15) is 30.4 Å². The third kappa shape index (κ3) is 3.47. The van der Waals surface area contributed by atoms with E-state index in [1.807, 2.05) is 13.0 Å². The molecule has 0 atom stereocenters. The molecule has 0 spiro atoms. The van der Waals surface area contributed by atoms with Crippen LogP contribution in [0, 0.1) is 12.8 Å². The molecule has 1 aromatic carbocycles. The molecule has 2 rings (SSSR count). The third-order valence-electron chi connectivity index (χ3n) is 3.85. The zero-order valence-corrected chi connectivity index (χ0v) is 11.4. The third-order valence-corrected chi connectivity index (χ3v) is 3.85. The van der Waals surface area contributed by atoms with E-state index in [9.17, 15) is 9.90 Å². The first kappa shape index (κ1) is 13.9. The van der Waals surface area contributed by atoms with Crippen molar-refractivity contribution < 1.29 is 9.90 Å². The number of aliphatic hydroxyl groups excluding tert-OH is 1. The molecule has 0 unspecified atom stereocenters. The number of rotatable bonds is 4. The van der Waals surface area contributed by atoms with E-state index in [4.69, 9.17) is 5.73 Å². The van der Waals surface area contributed by atoms with Crippen molar-refractivity contribution in [2.24, 2.45) is 11.7 Å². The molecule has 0 aliphatic carbocycles. The van der Waals surface area contributed by atoms with Gasteiger partial charge in [0.15, 0.2) is 0 Å². The van der Waals surface area contributed by atoms with Crippen molar-refractivity contribution in [1.29, 1.82) is 0 Å². The molecule has 1 aliphatic heterocycles. The van der Waals surface area contributed by atoms with Gasteiger partial charge in [0.25, 0.3) is 0 Å². The summed E-state index contributed by atoms with van der Waals surface area (Å²) in [4.78, 5) is 13.2. The highest BCUT2D eigenvalue weighted by molar-refractivity contribution is 5.74. The summed E-state index contributed by atoms with van der Waals surface area (Å²) in [7, 11) is 0. The molecule has 1 amide bonds. The molecular formula is C15H22N2O2. The molecule has 1 saturated heterocycles. The van der Waals surface area contributed by atoms with Crippen LogP contribution in [-0.2, 0) is 11.4 Å². The Kier molecular flexibility index (Phi) is 4.43. The molecule has 1 fully saturated rings. The number of carbonyl (C=O) groups excluding carboxylic acids is 1. The normalized spacial score (nSPS) is 16.6. The maximum Gasteiger partial charge on any atom is 0.217 e. The number of hydrogen-bond acceptors (Lipinski definition) is 3. The van der Waals surface area contributed by atoms with Gasteiger partial charge in [0, 0.05) is 30.8 Å². The number of anilines is 1. The van der Waals surface area contributed by atoms with E-state index in [0.717, 1.165) is 42.7 Å². The summed E-state index contributed by atoms with van der Waals surface area (Å²) in [5.74, 6) is 0.210. The average Bonchev–Trinajstić information content (AvgIpc) is 2.39. The van der Waals surface area contributed by atoms with Gasteiger partial charge in [-0.05, 0) is 31.7 Å². The lowest BCUT2D eigenvalue weighted by Gasteiger charge is -2.34. The number of benzene rings is 1. The first-order chi connectivity index (χ1) is 9.10. The Morgan fingerprint density at radius 3 is 2.68 bits per heavy atom. The lowest BCUT2D eigenvalue weighted by Crippen LogP contribution is -2.35. The molecule has 0 aromatic heterocycles. The summed E-state index contributed by atoms with van der Waals surface area (Å²) in [5.41, 5.74) is 8.51. The predicted octanol–water partition coefficient (Wildman–Crippen LogP) is 1.58. The summed E-state index contributed by atoms with van der Waals surface area (Å²) in [6.07, 6.45) is 2.47. The van der Waals surface area contributed by atoms with E-state index in [0.29, 0.717) is 12.3 Å². The summed E-state index contributed by atoms with van der Waals surface area (Å²) >= 11 is 0. The maximum absolute atomic E-state index is 10.9. The quantitative estimate of drug-likeness (QED) is 0.865. The van der Waals surface area contributed by atoms with Crippen molar-refractivity contribution in [2.75, 3.05) is 18.0 Å². The van der Waals surface area contributed by atoms with E-state index in [2.05, 4.69) is 17.0 Å². The fourth-order valence-electron chi connectivity index (χ4n) is 2.81. The molecule has 1 aromatic rings. The second kappa shape index (κ2) is 6.06. The zero-order chi connectivity index (χ0) is 13.8. The molecule has 0 bridgehead atoms. The van der Waals surface area contributed by atoms with Gasteiger partial charge in [-0.2, -0.15) is 0 Å². The average molecular weight is 262 g/mol. The van der Waals surface area contributed by atoms with Gasteiger partial charge in [-0.25, -0.2) is 0 Å². The summed E-state index contributed by atoms with van der Waals surface area (Å²) < 4.78 is 0. The van der Waals surface area contributed by atoms with Gasteiger partial charge in [-0.1, -0.05) is 17.7 Å². The molecule has 1 aliphatic rings. The van der Waals surface area contributed by atoms with Crippen LogP contribution < -0.4 is 10.6 Å². The Balaban J connectivity index is 2.03. The lowest BCUT2D eigenvalue weighted by molar-refractivity contribution is -0.119. The summed E-state index contributed by atoms with van der Waals surface area (Å²) in [5, 5.41) is 9.46. The van der Waals surface area contributed by atoms with Crippen LogP contribution in [0.3, 0.4) is 0 Å². The van der Waals surface area contributed by atoms with Crippen LogP contribution in [0.2, 0.25) is 0 Å². The number of carbonyl (C=O) groups is 1. The van der Waals surface area contributed by atoms with Gasteiger partial charge < -0.3 is 15.7 Å². The van der Waals surface area contributed by atoms with Crippen molar-refractivity contribution in [1.82, 2.24) is 0 Å². The van der Waals surface area contributed by atoms with Crippen molar-refractivity contribution >= 4 is 11.6 Å². The molecular weight excluding hydrogens is 240 g/mol. The van der Waals surface area contributed by atoms with E-state index < -0.39 is 0 Å². The number of nitrogens with two attached hydrogens (primary N) is 1. The number of aliphatic hydroxyl groups is 1. The van der Waals surface area contributed by atoms with Gasteiger partial charge >= 0.3 is 0 Å². The fourth-order valence-corrected chi connectivity index (χ4v) is 2.81. The molecule has 19 heavy (non-hydrogen) atoms. The molecule has 3 N–H and O–H groups in total. The monoisotopic (exact) mass is 262 g/mol. The zero-order valence-electron chi connectivity index (χ0n) is 11.4. The Bertz CT molecular complexity index is 451. The molecule has 0 radical (unpaired) electrons. The Morgan fingerprint density at radius 1 is 1.42 bits per heavy atom. The topological polar surface area (TPSA) is 66.6 Å². The minimum absolute atomic E-state index is 0.0677. The smallest absolute Gasteiger partial charge is 0.217 e. The Morgan fingerprint density at radius 2 is 2.11 bits per heavy atom. The second-order valence-corrected chi connectivity index (χ2v) is 5.39. The molecule has 4 nitrogen and oxygen atoms in total. The van der Waals surface area contributed by atoms with Crippen LogP contribution >= 0.6 is 0 Å². The van der Waals surface area contributed by atoms with Gasteiger partial charge in [0.1, 0.15) is 0 Å². The highest BCUT2D eigenvalue weighted by atomic mass is 16.3.